The minimum Gasteiger partial charge on any atom is -0.361 e. The summed E-state index contributed by atoms with van der Waals surface area (Å²) in [5.74, 6) is 0. The van der Waals surface area contributed by atoms with E-state index in [0.29, 0.717) is 0 Å². The Morgan fingerprint density at radius 1 is 1.07 bits per heavy atom. The molecule has 1 aromatic carbocycles. The van der Waals surface area contributed by atoms with Crippen LogP contribution < -0.4 is 0 Å². The first-order valence-electron chi connectivity index (χ1n) is 5.13. The van der Waals surface area contributed by atoms with Gasteiger partial charge in [0, 0.05) is 11.9 Å². The predicted molar refractivity (Wildman–Crippen MR) is 60.2 cm³/mol. The zero-order chi connectivity index (χ0) is 9.80. The second-order valence-corrected chi connectivity index (χ2v) is 3.49. The first-order chi connectivity index (χ1) is 6.92. The number of aromatic nitrogens is 1. The molecular weight excluding hydrogens is 170 g/mol. The highest BCUT2D eigenvalue weighted by atomic mass is 14.7. The van der Waals surface area contributed by atoms with Gasteiger partial charge in [0.1, 0.15) is 0 Å². The maximum Gasteiger partial charge on any atom is 0.0486 e. The fraction of sp³-hybridized carbons (Fsp3) is 0.231. The van der Waals surface area contributed by atoms with E-state index < -0.39 is 0 Å². The van der Waals surface area contributed by atoms with Crippen molar-refractivity contribution in [2.24, 2.45) is 0 Å². The largest absolute Gasteiger partial charge is 0.361 e. The van der Waals surface area contributed by atoms with E-state index in [-0.39, 0.29) is 0 Å². The van der Waals surface area contributed by atoms with Crippen molar-refractivity contribution >= 4 is 0 Å². The molecule has 0 aliphatic heterocycles. The van der Waals surface area contributed by atoms with Crippen molar-refractivity contribution in [1.29, 1.82) is 0 Å². The molecule has 1 heterocycles. The van der Waals surface area contributed by atoms with Gasteiger partial charge in [-0.25, -0.2) is 0 Å². The molecule has 0 saturated carbocycles. The Morgan fingerprint density at radius 3 is 2.57 bits per heavy atom. The molecule has 0 radical (unpaired) electrons. The molecule has 1 heteroatoms. The van der Waals surface area contributed by atoms with Gasteiger partial charge in [0.2, 0.25) is 0 Å². The van der Waals surface area contributed by atoms with E-state index >= 15 is 0 Å². The maximum absolute atomic E-state index is 3.31. The molecular formula is C13H15N. The van der Waals surface area contributed by atoms with Crippen molar-refractivity contribution < 1.29 is 0 Å². The number of nitrogens with one attached hydrogen (secondary N) is 1. The van der Waals surface area contributed by atoms with Crippen LogP contribution in [0.2, 0.25) is 0 Å². The van der Waals surface area contributed by atoms with E-state index in [0.717, 1.165) is 6.42 Å². The lowest BCUT2D eigenvalue weighted by molar-refractivity contribution is 0.925. The van der Waals surface area contributed by atoms with E-state index in [1.807, 2.05) is 12.3 Å². The lowest BCUT2D eigenvalue weighted by atomic mass is 10.1. The quantitative estimate of drug-likeness (QED) is 0.751. The fourth-order valence-electron chi connectivity index (χ4n) is 1.75. The van der Waals surface area contributed by atoms with Crippen molar-refractivity contribution in [3.63, 3.8) is 0 Å². The summed E-state index contributed by atoms with van der Waals surface area (Å²) in [7, 11) is 0. The van der Waals surface area contributed by atoms with Gasteiger partial charge in [-0.15, -0.1) is 0 Å². The summed E-state index contributed by atoms with van der Waals surface area (Å²) in [6.07, 6.45) is 4.36. The van der Waals surface area contributed by atoms with Gasteiger partial charge >= 0.3 is 0 Å². The first kappa shape index (κ1) is 9.07. The zero-order valence-corrected chi connectivity index (χ0v) is 8.46. The van der Waals surface area contributed by atoms with Crippen LogP contribution in [0, 0.1) is 0 Å². The summed E-state index contributed by atoms with van der Waals surface area (Å²) in [6.45, 7) is 2.21. The molecule has 0 spiro atoms. The standard InChI is InChI=1S/C13H15N/c1-2-6-11-9-10-14-13(11)12-7-4-3-5-8-12/h3-5,7-10,14H,2,6H2,1H3. The summed E-state index contributed by atoms with van der Waals surface area (Å²) in [5, 5.41) is 0. The van der Waals surface area contributed by atoms with Crippen molar-refractivity contribution in [2.75, 3.05) is 0 Å². The SMILES string of the molecule is CCCc1cc[nH]c1-c1ccccc1. The third-order valence-electron chi connectivity index (χ3n) is 2.42. The van der Waals surface area contributed by atoms with E-state index in [4.69, 9.17) is 0 Å². The molecule has 1 aromatic heterocycles. The van der Waals surface area contributed by atoms with Crippen LogP contribution in [0.15, 0.2) is 42.6 Å². The molecule has 0 amide bonds. The molecule has 14 heavy (non-hydrogen) atoms. The van der Waals surface area contributed by atoms with Crippen LogP contribution >= 0.6 is 0 Å². The Labute approximate surface area is 84.8 Å². The maximum atomic E-state index is 3.31. The number of rotatable bonds is 3. The highest BCUT2D eigenvalue weighted by Crippen LogP contribution is 2.22. The number of hydrogen-bond acceptors (Lipinski definition) is 0. The van der Waals surface area contributed by atoms with Crippen molar-refractivity contribution in [1.82, 2.24) is 4.98 Å². The van der Waals surface area contributed by atoms with Crippen LogP contribution in [-0.4, -0.2) is 4.98 Å². The third kappa shape index (κ3) is 1.72. The number of benzene rings is 1. The lowest BCUT2D eigenvalue weighted by Crippen LogP contribution is -1.85. The third-order valence-corrected chi connectivity index (χ3v) is 2.42. The Kier molecular flexibility index (Phi) is 2.68. The smallest absolute Gasteiger partial charge is 0.0486 e. The predicted octanol–water partition coefficient (Wildman–Crippen LogP) is 3.63. The lowest BCUT2D eigenvalue weighted by Gasteiger charge is -2.02. The van der Waals surface area contributed by atoms with Crippen LogP contribution in [0.1, 0.15) is 18.9 Å². The molecule has 72 valence electrons. The van der Waals surface area contributed by atoms with Crippen LogP contribution in [-0.2, 0) is 6.42 Å². The van der Waals surface area contributed by atoms with Crippen LogP contribution in [0.4, 0.5) is 0 Å². The molecule has 1 N–H and O–H groups in total. The molecule has 2 aromatic rings. The summed E-state index contributed by atoms with van der Waals surface area (Å²) in [5.41, 5.74) is 3.96. The number of H-pyrrole nitrogens is 1. The summed E-state index contributed by atoms with van der Waals surface area (Å²) in [6, 6.07) is 12.7. The molecule has 1 nitrogen and oxygen atoms in total. The summed E-state index contributed by atoms with van der Waals surface area (Å²) < 4.78 is 0. The van der Waals surface area contributed by atoms with Crippen LogP contribution in [0.5, 0.6) is 0 Å². The van der Waals surface area contributed by atoms with Gasteiger partial charge in [-0.05, 0) is 23.6 Å². The molecule has 0 unspecified atom stereocenters. The average molecular weight is 185 g/mol. The van der Waals surface area contributed by atoms with E-state index in [2.05, 4.69) is 42.2 Å². The van der Waals surface area contributed by atoms with Crippen LogP contribution in [0.25, 0.3) is 11.3 Å². The molecule has 0 bridgehead atoms. The Morgan fingerprint density at radius 2 is 1.86 bits per heavy atom. The van der Waals surface area contributed by atoms with Gasteiger partial charge in [-0.1, -0.05) is 43.7 Å². The number of aryl methyl sites for hydroxylation is 1. The highest BCUT2D eigenvalue weighted by Gasteiger charge is 2.03. The molecule has 0 aliphatic rings. The minimum atomic E-state index is 1.15. The van der Waals surface area contributed by atoms with Gasteiger partial charge in [-0.2, -0.15) is 0 Å². The molecule has 0 fully saturated rings. The second kappa shape index (κ2) is 4.14. The fourth-order valence-corrected chi connectivity index (χ4v) is 1.75. The number of aromatic amines is 1. The van der Waals surface area contributed by atoms with Gasteiger partial charge in [-0.3, -0.25) is 0 Å². The van der Waals surface area contributed by atoms with E-state index in [1.54, 1.807) is 0 Å². The van der Waals surface area contributed by atoms with Gasteiger partial charge in [0.05, 0.1) is 0 Å². The molecule has 0 aliphatic carbocycles. The topological polar surface area (TPSA) is 15.8 Å². The zero-order valence-electron chi connectivity index (χ0n) is 8.46. The van der Waals surface area contributed by atoms with Gasteiger partial charge in [0.25, 0.3) is 0 Å². The molecule has 0 saturated heterocycles. The summed E-state index contributed by atoms with van der Waals surface area (Å²) >= 11 is 0. The Bertz CT molecular complexity index is 387. The van der Waals surface area contributed by atoms with Crippen molar-refractivity contribution in [2.45, 2.75) is 19.8 Å². The van der Waals surface area contributed by atoms with E-state index in [9.17, 15) is 0 Å². The second-order valence-electron chi connectivity index (χ2n) is 3.49. The monoisotopic (exact) mass is 185 g/mol. The first-order valence-corrected chi connectivity index (χ1v) is 5.13. The average Bonchev–Trinajstić information content (AvgIpc) is 2.68. The normalized spacial score (nSPS) is 10.4. The van der Waals surface area contributed by atoms with Crippen LogP contribution in [0.3, 0.4) is 0 Å². The minimum absolute atomic E-state index is 1.15. The van der Waals surface area contributed by atoms with Gasteiger partial charge < -0.3 is 4.98 Å². The Balaban J connectivity index is 2.37. The summed E-state index contributed by atoms with van der Waals surface area (Å²) in [4.78, 5) is 3.31. The molecule has 2 rings (SSSR count). The highest BCUT2D eigenvalue weighted by molar-refractivity contribution is 5.63. The van der Waals surface area contributed by atoms with Crippen molar-refractivity contribution in [3.05, 3.63) is 48.2 Å². The van der Waals surface area contributed by atoms with Gasteiger partial charge in [0.15, 0.2) is 0 Å². The van der Waals surface area contributed by atoms with Crippen molar-refractivity contribution in [3.8, 4) is 11.3 Å². The molecule has 0 atom stereocenters. The Hall–Kier alpha value is -1.50. The van der Waals surface area contributed by atoms with E-state index in [1.165, 1.54) is 23.2 Å². The number of hydrogen-bond donors (Lipinski definition) is 1.